The maximum absolute atomic E-state index is 12.9. The third-order valence-electron chi connectivity index (χ3n) is 1.65. The Morgan fingerprint density at radius 1 is 1.50 bits per heavy atom. The second kappa shape index (κ2) is 3.65. The van der Waals surface area contributed by atoms with E-state index in [0.717, 1.165) is 10.6 Å². The smallest absolute Gasteiger partial charge is 0.126 e. The van der Waals surface area contributed by atoms with Gasteiger partial charge in [0.15, 0.2) is 0 Å². The minimum Gasteiger partial charge on any atom is -0.314 e. The van der Waals surface area contributed by atoms with E-state index in [1.165, 1.54) is 13.1 Å². The van der Waals surface area contributed by atoms with Crippen molar-refractivity contribution in [2.75, 3.05) is 7.05 Å². The summed E-state index contributed by atoms with van der Waals surface area (Å²) < 4.78 is 12.9. The molecule has 0 saturated heterocycles. The summed E-state index contributed by atoms with van der Waals surface area (Å²) in [5.74, 6) is -0.227. The average Bonchev–Trinajstić information content (AvgIpc) is 1.96. The predicted octanol–water partition coefficient (Wildman–Crippen LogP) is 1.96. The summed E-state index contributed by atoms with van der Waals surface area (Å²) in [4.78, 5) is 0. The molecule has 1 aromatic rings. The maximum Gasteiger partial charge on any atom is 0.126 e. The highest BCUT2D eigenvalue weighted by Crippen LogP contribution is 2.09. The van der Waals surface area contributed by atoms with Crippen LogP contribution in [-0.2, 0) is 6.54 Å². The summed E-state index contributed by atoms with van der Waals surface area (Å²) in [6, 6.07) is 4.93. The first-order chi connectivity index (χ1) is 5.59. The van der Waals surface area contributed by atoms with Crippen LogP contribution in [0.1, 0.15) is 11.1 Å². The zero-order valence-corrected chi connectivity index (χ0v) is 7.21. The van der Waals surface area contributed by atoms with Gasteiger partial charge in [0, 0.05) is 13.6 Å². The normalized spacial score (nSPS) is 10.8. The van der Waals surface area contributed by atoms with Gasteiger partial charge in [-0.1, -0.05) is 12.1 Å². The number of rotatable bonds is 2. The molecule has 0 aliphatic heterocycles. The van der Waals surface area contributed by atoms with Gasteiger partial charge in [-0.25, -0.2) is 4.39 Å². The monoisotopic (exact) mass is 169 g/mol. The lowest BCUT2D eigenvalue weighted by Gasteiger charge is -2.08. The van der Waals surface area contributed by atoms with E-state index in [1.54, 1.807) is 19.1 Å². The fraction of sp³-hybridized carbons (Fsp3) is 0.333. The molecule has 0 aromatic heterocycles. The van der Waals surface area contributed by atoms with E-state index in [-0.39, 0.29) is 5.82 Å². The van der Waals surface area contributed by atoms with E-state index < -0.39 is 0 Å². The molecule has 0 radical (unpaired) electrons. The minimum absolute atomic E-state index is 0.227. The molecule has 0 unspecified atom stereocenters. The molecular formula is C9H12FNO. The lowest BCUT2D eigenvalue weighted by atomic mass is 10.1. The van der Waals surface area contributed by atoms with Gasteiger partial charge in [0.05, 0.1) is 0 Å². The van der Waals surface area contributed by atoms with Crippen molar-refractivity contribution in [3.8, 4) is 0 Å². The molecule has 0 aliphatic carbocycles. The summed E-state index contributed by atoms with van der Waals surface area (Å²) >= 11 is 0. The Balaban J connectivity index is 2.82. The molecule has 66 valence electrons. The molecule has 0 amide bonds. The van der Waals surface area contributed by atoms with Crippen molar-refractivity contribution >= 4 is 0 Å². The molecule has 2 nitrogen and oxygen atoms in total. The van der Waals surface area contributed by atoms with Crippen molar-refractivity contribution in [3.63, 3.8) is 0 Å². The third kappa shape index (κ3) is 2.29. The lowest BCUT2D eigenvalue weighted by Crippen LogP contribution is -2.11. The van der Waals surface area contributed by atoms with Crippen molar-refractivity contribution in [3.05, 3.63) is 35.1 Å². The summed E-state index contributed by atoms with van der Waals surface area (Å²) in [6.45, 7) is 2.05. The number of halogens is 1. The molecule has 0 fully saturated rings. The molecule has 0 bridgehead atoms. The number of aryl methyl sites for hydroxylation is 1. The highest BCUT2D eigenvalue weighted by Gasteiger charge is 2.00. The Bertz CT molecular complexity index is 273. The number of nitrogens with zero attached hydrogens (tertiary/aromatic N) is 1. The van der Waals surface area contributed by atoms with Crippen molar-refractivity contribution in [2.24, 2.45) is 0 Å². The molecule has 0 heterocycles. The fourth-order valence-corrected chi connectivity index (χ4v) is 0.999. The van der Waals surface area contributed by atoms with Crippen LogP contribution in [0.3, 0.4) is 0 Å². The van der Waals surface area contributed by atoms with Crippen LogP contribution in [-0.4, -0.2) is 17.3 Å². The molecule has 0 atom stereocenters. The molecule has 12 heavy (non-hydrogen) atoms. The standard InChI is InChI=1S/C9H12FNO/c1-7-3-4-8(5-9(7)10)6-11(2)12/h3-5,12H,6H2,1-2H3. The Labute approximate surface area is 71.2 Å². The number of hydroxylamine groups is 2. The van der Waals surface area contributed by atoms with E-state index in [1.807, 2.05) is 0 Å². The summed E-state index contributed by atoms with van der Waals surface area (Å²) in [5, 5.41) is 9.89. The second-order valence-corrected chi connectivity index (χ2v) is 2.90. The van der Waals surface area contributed by atoms with Crippen molar-refractivity contribution in [1.82, 2.24) is 5.06 Å². The van der Waals surface area contributed by atoms with Crippen LogP contribution in [0.5, 0.6) is 0 Å². The van der Waals surface area contributed by atoms with E-state index in [9.17, 15) is 4.39 Å². The van der Waals surface area contributed by atoms with Crippen LogP contribution in [0.25, 0.3) is 0 Å². The first-order valence-electron chi connectivity index (χ1n) is 3.74. The molecule has 0 aliphatic rings. The van der Waals surface area contributed by atoms with Crippen LogP contribution in [0, 0.1) is 12.7 Å². The van der Waals surface area contributed by atoms with Crippen LogP contribution in [0.4, 0.5) is 4.39 Å². The topological polar surface area (TPSA) is 23.5 Å². The van der Waals surface area contributed by atoms with Crippen LogP contribution >= 0.6 is 0 Å². The van der Waals surface area contributed by atoms with Gasteiger partial charge >= 0.3 is 0 Å². The highest BCUT2D eigenvalue weighted by molar-refractivity contribution is 5.22. The Morgan fingerprint density at radius 3 is 2.67 bits per heavy atom. The molecule has 3 heteroatoms. The molecule has 1 rings (SSSR count). The SMILES string of the molecule is Cc1ccc(CN(C)O)cc1F. The maximum atomic E-state index is 12.9. The first kappa shape index (κ1) is 9.16. The molecule has 0 saturated carbocycles. The molecular weight excluding hydrogens is 157 g/mol. The van der Waals surface area contributed by atoms with Crippen molar-refractivity contribution in [1.29, 1.82) is 0 Å². The zero-order valence-electron chi connectivity index (χ0n) is 7.21. The van der Waals surface area contributed by atoms with Gasteiger partial charge in [-0.3, -0.25) is 0 Å². The van der Waals surface area contributed by atoms with Gasteiger partial charge in [0.25, 0.3) is 0 Å². The van der Waals surface area contributed by atoms with Gasteiger partial charge < -0.3 is 5.21 Å². The molecule has 1 N–H and O–H groups in total. The van der Waals surface area contributed by atoms with Gasteiger partial charge in [0.2, 0.25) is 0 Å². The number of hydrogen-bond donors (Lipinski definition) is 1. The van der Waals surface area contributed by atoms with E-state index in [0.29, 0.717) is 12.1 Å². The minimum atomic E-state index is -0.227. The average molecular weight is 169 g/mol. The van der Waals surface area contributed by atoms with E-state index in [4.69, 9.17) is 5.21 Å². The Hall–Kier alpha value is -0.930. The third-order valence-corrected chi connectivity index (χ3v) is 1.65. The van der Waals surface area contributed by atoms with Crippen LogP contribution < -0.4 is 0 Å². The van der Waals surface area contributed by atoms with Gasteiger partial charge in [-0.15, -0.1) is 0 Å². The summed E-state index contributed by atoms with van der Waals surface area (Å²) in [5.41, 5.74) is 1.39. The Morgan fingerprint density at radius 2 is 2.17 bits per heavy atom. The van der Waals surface area contributed by atoms with Crippen LogP contribution in [0.2, 0.25) is 0 Å². The zero-order chi connectivity index (χ0) is 9.14. The summed E-state index contributed by atoms with van der Waals surface area (Å²) in [7, 11) is 1.53. The Kier molecular flexibility index (Phi) is 2.78. The molecule has 1 aromatic carbocycles. The second-order valence-electron chi connectivity index (χ2n) is 2.90. The van der Waals surface area contributed by atoms with Gasteiger partial charge in [-0.2, -0.15) is 5.06 Å². The number of hydrogen-bond acceptors (Lipinski definition) is 2. The highest BCUT2D eigenvalue weighted by atomic mass is 19.1. The first-order valence-corrected chi connectivity index (χ1v) is 3.74. The van der Waals surface area contributed by atoms with Crippen LogP contribution in [0.15, 0.2) is 18.2 Å². The van der Waals surface area contributed by atoms with Crippen molar-refractivity contribution in [2.45, 2.75) is 13.5 Å². The van der Waals surface area contributed by atoms with E-state index >= 15 is 0 Å². The van der Waals surface area contributed by atoms with Gasteiger partial charge in [-0.05, 0) is 24.1 Å². The largest absolute Gasteiger partial charge is 0.314 e. The lowest BCUT2D eigenvalue weighted by molar-refractivity contribution is -0.0732. The summed E-state index contributed by atoms with van der Waals surface area (Å²) in [6.07, 6.45) is 0. The fourth-order valence-electron chi connectivity index (χ4n) is 0.999. The van der Waals surface area contributed by atoms with Crippen molar-refractivity contribution < 1.29 is 9.60 Å². The predicted molar refractivity (Wildman–Crippen MR) is 44.4 cm³/mol. The quantitative estimate of drug-likeness (QED) is 0.684. The van der Waals surface area contributed by atoms with Gasteiger partial charge in [0.1, 0.15) is 5.82 Å². The van der Waals surface area contributed by atoms with E-state index in [2.05, 4.69) is 0 Å². The number of benzene rings is 1. The molecule has 0 spiro atoms.